The van der Waals surface area contributed by atoms with Crippen molar-refractivity contribution in [3.05, 3.63) is 33.8 Å². The Labute approximate surface area is 236 Å². The van der Waals surface area contributed by atoms with Crippen molar-refractivity contribution in [1.29, 1.82) is 0 Å². The molecular weight excluding hydrogens is 495 g/mol. The molecule has 0 radical (unpaired) electrons. The molecule has 1 aromatic carbocycles. The Morgan fingerprint density at radius 1 is 0.865 bits per heavy atom. The van der Waals surface area contributed by atoms with Gasteiger partial charge in [0.05, 0.1) is 10.0 Å². The molecular formula is C34H50Cl2O. The Morgan fingerprint density at radius 3 is 2.32 bits per heavy atom. The van der Waals surface area contributed by atoms with Gasteiger partial charge in [0.2, 0.25) is 0 Å². The van der Waals surface area contributed by atoms with Crippen LogP contribution in [0, 0.1) is 58.2 Å². The van der Waals surface area contributed by atoms with Gasteiger partial charge in [-0.25, -0.2) is 0 Å². The fourth-order valence-electron chi connectivity index (χ4n) is 10.5. The molecule has 0 N–H and O–H groups in total. The van der Waals surface area contributed by atoms with E-state index in [9.17, 15) is 4.79 Å². The standard InChI is InChI=1S/C34H50Cl2O/c1-21(2)7-6-8-22(3)26-12-13-27-24-10-11-28-25(19-23-9-14-30(35)31(36)20-23)32(37)16-18-34(28,5)29(24)15-17-33(26,27)4/h9,14,20-22,24-29H,6-8,10-13,15-19H2,1-5H3/t22-,24+,25+,26-,27+,28+,29+,33-,34+/m1/s1. The number of hydrogen-bond acceptors (Lipinski definition) is 1. The maximum atomic E-state index is 13.3. The predicted octanol–water partition coefficient (Wildman–Crippen LogP) is 10.5. The topological polar surface area (TPSA) is 17.1 Å². The van der Waals surface area contributed by atoms with Gasteiger partial charge in [0, 0.05) is 12.3 Å². The van der Waals surface area contributed by atoms with Crippen LogP contribution in [0.3, 0.4) is 0 Å². The first kappa shape index (κ1) is 28.0. The smallest absolute Gasteiger partial charge is 0.136 e. The van der Waals surface area contributed by atoms with E-state index in [0.717, 1.165) is 54.8 Å². The Bertz CT molecular complexity index is 986. The molecule has 0 aromatic heterocycles. The lowest BCUT2D eigenvalue weighted by atomic mass is 9.43. The second-order valence-electron chi connectivity index (χ2n) is 14.6. The first-order valence-electron chi connectivity index (χ1n) is 15.5. The lowest BCUT2D eigenvalue weighted by Crippen LogP contribution is -2.56. The molecule has 0 unspecified atom stereocenters. The van der Waals surface area contributed by atoms with Crippen molar-refractivity contribution < 1.29 is 4.79 Å². The molecule has 3 heteroatoms. The van der Waals surface area contributed by atoms with Crippen molar-refractivity contribution in [2.45, 2.75) is 112 Å². The zero-order valence-electron chi connectivity index (χ0n) is 24.0. The Morgan fingerprint density at radius 2 is 1.59 bits per heavy atom. The normalized spacial score (nSPS) is 40.3. The van der Waals surface area contributed by atoms with Crippen LogP contribution in [-0.4, -0.2) is 5.78 Å². The summed E-state index contributed by atoms with van der Waals surface area (Å²) in [5, 5.41) is 1.20. The van der Waals surface area contributed by atoms with Crippen molar-refractivity contribution in [2.75, 3.05) is 0 Å². The van der Waals surface area contributed by atoms with Gasteiger partial charge < -0.3 is 0 Å². The average Bonchev–Trinajstić information content (AvgIpc) is 3.20. The van der Waals surface area contributed by atoms with E-state index in [0.29, 0.717) is 32.6 Å². The quantitative estimate of drug-likeness (QED) is 0.333. The third-order valence-corrected chi connectivity index (χ3v) is 13.1. The second kappa shape index (κ2) is 10.8. The maximum absolute atomic E-state index is 13.3. The van der Waals surface area contributed by atoms with Crippen LogP contribution in [0.15, 0.2) is 18.2 Å². The minimum Gasteiger partial charge on any atom is -0.299 e. The highest BCUT2D eigenvalue weighted by atomic mass is 35.5. The Kier molecular flexibility index (Phi) is 8.18. The molecule has 4 fully saturated rings. The van der Waals surface area contributed by atoms with Crippen LogP contribution >= 0.6 is 23.2 Å². The highest BCUT2D eigenvalue weighted by molar-refractivity contribution is 6.42. The molecule has 206 valence electrons. The fraction of sp³-hybridized carbons (Fsp3) is 0.794. The molecule has 5 rings (SSSR count). The summed E-state index contributed by atoms with van der Waals surface area (Å²) in [6.45, 7) is 12.6. The molecule has 0 aliphatic heterocycles. The van der Waals surface area contributed by atoms with Gasteiger partial charge in [-0.05, 0) is 121 Å². The summed E-state index contributed by atoms with van der Waals surface area (Å²) in [7, 11) is 0. The first-order valence-corrected chi connectivity index (χ1v) is 16.3. The molecule has 37 heavy (non-hydrogen) atoms. The van der Waals surface area contributed by atoms with Gasteiger partial charge in [0.25, 0.3) is 0 Å². The number of carbonyl (C=O) groups is 1. The molecule has 0 saturated heterocycles. The van der Waals surface area contributed by atoms with E-state index in [2.05, 4.69) is 40.7 Å². The van der Waals surface area contributed by atoms with Gasteiger partial charge in [0.15, 0.2) is 0 Å². The zero-order chi connectivity index (χ0) is 26.5. The summed E-state index contributed by atoms with van der Waals surface area (Å²) in [5.74, 6) is 6.30. The molecule has 1 aromatic rings. The minimum atomic E-state index is 0.141. The Balaban J connectivity index is 1.32. The zero-order valence-corrected chi connectivity index (χ0v) is 25.5. The molecule has 4 aliphatic rings. The van der Waals surface area contributed by atoms with Gasteiger partial charge >= 0.3 is 0 Å². The van der Waals surface area contributed by atoms with Crippen molar-refractivity contribution in [3.63, 3.8) is 0 Å². The molecule has 0 heterocycles. The average molecular weight is 546 g/mol. The highest BCUT2D eigenvalue weighted by Gasteiger charge is 2.61. The summed E-state index contributed by atoms with van der Waals surface area (Å²) in [4.78, 5) is 13.3. The van der Waals surface area contributed by atoms with Crippen LogP contribution < -0.4 is 0 Å². The lowest BCUT2D eigenvalue weighted by Gasteiger charge is -2.62. The van der Waals surface area contributed by atoms with Crippen LogP contribution in [0.25, 0.3) is 0 Å². The maximum Gasteiger partial charge on any atom is 0.136 e. The molecule has 0 spiro atoms. The van der Waals surface area contributed by atoms with Crippen molar-refractivity contribution in [1.82, 2.24) is 0 Å². The third kappa shape index (κ3) is 5.08. The van der Waals surface area contributed by atoms with Crippen molar-refractivity contribution in [2.24, 2.45) is 58.2 Å². The van der Waals surface area contributed by atoms with Crippen LogP contribution in [0.2, 0.25) is 10.0 Å². The summed E-state index contributed by atoms with van der Waals surface area (Å²) in [5.41, 5.74) is 2.01. The lowest BCUT2D eigenvalue weighted by molar-refractivity contribution is -0.152. The van der Waals surface area contributed by atoms with Crippen LogP contribution in [0.1, 0.15) is 111 Å². The van der Waals surface area contributed by atoms with Crippen molar-refractivity contribution in [3.8, 4) is 0 Å². The van der Waals surface area contributed by atoms with Gasteiger partial charge in [-0.3, -0.25) is 4.79 Å². The first-order chi connectivity index (χ1) is 17.5. The Hall–Kier alpha value is -0.530. The van der Waals surface area contributed by atoms with Gasteiger partial charge in [-0.2, -0.15) is 0 Å². The summed E-state index contributed by atoms with van der Waals surface area (Å²) in [6, 6.07) is 5.96. The molecule has 0 amide bonds. The van der Waals surface area contributed by atoms with E-state index in [4.69, 9.17) is 23.2 Å². The SMILES string of the molecule is CC(C)CCC[C@@H](C)[C@H]1CC[C@H]2[C@@H]3CC[C@H]4[C@H](Cc5ccc(Cl)c(Cl)c5)C(=O)CC[C@]4(C)[C@H]3CC[C@]12C. The molecule has 4 saturated carbocycles. The van der Waals surface area contributed by atoms with E-state index in [1.54, 1.807) is 0 Å². The highest BCUT2D eigenvalue weighted by Crippen LogP contribution is 2.68. The summed E-state index contributed by atoms with van der Waals surface area (Å²) < 4.78 is 0. The monoisotopic (exact) mass is 544 g/mol. The van der Waals surface area contributed by atoms with Gasteiger partial charge in [-0.1, -0.05) is 83.1 Å². The van der Waals surface area contributed by atoms with E-state index in [1.807, 2.05) is 12.1 Å². The molecule has 1 nitrogen and oxygen atoms in total. The number of halogens is 2. The van der Waals surface area contributed by atoms with Gasteiger partial charge in [0.1, 0.15) is 5.78 Å². The van der Waals surface area contributed by atoms with E-state index in [1.165, 1.54) is 63.4 Å². The fourth-order valence-corrected chi connectivity index (χ4v) is 10.8. The number of rotatable bonds is 7. The summed E-state index contributed by atoms with van der Waals surface area (Å²) in [6.07, 6.45) is 15.1. The number of fused-ring (bicyclic) bond motifs is 5. The second-order valence-corrected chi connectivity index (χ2v) is 15.4. The molecule has 4 aliphatic carbocycles. The summed E-state index contributed by atoms with van der Waals surface area (Å²) >= 11 is 12.5. The largest absolute Gasteiger partial charge is 0.299 e. The van der Waals surface area contributed by atoms with Crippen LogP contribution in [0.5, 0.6) is 0 Å². The molecule has 9 atom stereocenters. The van der Waals surface area contributed by atoms with E-state index in [-0.39, 0.29) is 5.92 Å². The third-order valence-electron chi connectivity index (χ3n) is 12.4. The van der Waals surface area contributed by atoms with E-state index < -0.39 is 0 Å². The predicted molar refractivity (Wildman–Crippen MR) is 157 cm³/mol. The minimum absolute atomic E-state index is 0.141. The van der Waals surface area contributed by atoms with Gasteiger partial charge in [-0.15, -0.1) is 0 Å². The van der Waals surface area contributed by atoms with Crippen LogP contribution in [0.4, 0.5) is 0 Å². The number of hydrogen-bond donors (Lipinski definition) is 0. The number of Topliss-reactive ketones (excluding diaryl/α,β-unsaturated/α-hetero) is 1. The number of ketones is 1. The molecule has 0 bridgehead atoms. The number of carbonyl (C=O) groups excluding carboxylic acids is 1. The van der Waals surface area contributed by atoms with E-state index >= 15 is 0 Å². The van der Waals surface area contributed by atoms with Crippen molar-refractivity contribution >= 4 is 29.0 Å². The van der Waals surface area contributed by atoms with Crippen LogP contribution in [-0.2, 0) is 11.2 Å². The number of benzene rings is 1.